The fourth-order valence-electron chi connectivity index (χ4n) is 2.36. The van der Waals surface area contributed by atoms with Crippen molar-refractivity contribution in [1.82, 2.24) is 0 Å². The van der Waals surface area contributed by atoms with Gasteiger partial charge in [0.15, 0.2) is 0 Å². The normalized spacial score (nSPS) is 20.7. The van der Waals surface area contributed by atoms with Crippen molar-refractivity contribution in [3.05, 3.63) is 18.2 Å². The van der Waals surface area contributed by atoms with E-state index in [9.17, 15) is 9.59 Å². The zero-order chi connectivity index (χ0) is 15.9. The summed E-state index contributed by atoms with van der Waals surface area (Å²) in [5.74, 6) is 0.186. The summed E-state index contributed by atoms with van der Waals surface area (Å²) < 4.78 is 9.65. The van der Waals surface area contributed by atoms with Gasteiger partial charge in [-0.05, 0) is 18.2 Å². The number of thioether (sulfide) groups is 1. The lowest BCUT2D eigenvalue weighted by atomic mass is 10.2. The Hall–Kier alpha value is -1.80. The number of rotatable bonds is 2. The van der Waals surface area contributed by atoms with Crippen LogP contribution >= 0.6 is 24.0 Å². The van der Waals surface area contributed by atoms with E-state index >= 15 is 0 Å². The highest BCUT2D eigenvalue weighted by Gasteiger charge is 2.38. The molecule has 1 aromatic rings. The molecule has 22 heavy (non-hydrogen) atoms. The minimum Gasteiger partial charge on any atom is -0.466 e. The van der Waals surface area contributed by atoms with E-state index in [1.54, 1.807) is 11.8 Å². The van der Waals surface area contributed by atoms with Gasteiger partial charge in [0.2, 0.25) is 6.10 Å². The van der Waals surface area contributed by atoms with Gasteiger partial charge in [-0.3, -0.25) is 4.90 Å². The topological polar surface area (TPSA) is 59.1 Å². The van der Waals surface area contributed by atoms with Crippen molar-refractivity contribution in [3.8, 4) is 0 Å². The molecule has 0 aliphatic carbocycles. The van der Waals surface area contributed by atoms with E-state index in [-0.39, 0.29) is 6.54 Å². The van der Waals surface area contributed by atoms with E-state index in [1.807, 2.05) is 30.1 Å². The number of esters is 1. The van der Waals surface area contributed by atoms with Crippen LogP contribution in [0.5, 0.6) is 0 Å². The Morgan fingerprint density at radius 3 is 3.00 bits per heavy atom. The monoisotopic (exact) mass is 338 g/mol. The van der Waals surface area contributed by atoms with Crippen LogP contribution in [0.4, 0.5) is 16.2 Å². The number of carbonyl (C=O) groups is 2. The third kappa shape index (κ3) is 2.52. The van der Waals surface area contributed by atoms with E-state index < -0.39 is 18.2 Å². The molecule has 1 saturated heterocycles. The van der Waals surface area contributed by atoms with Crippen LogP contribution < -0.4 is 9.80 Å². The van der Waals surface area contributed by atoms with Crippen molar-refractivity contribution in [2.75, 3.05) is 36.3 Å². The Morgan fingerprint density at radius 2 is 2.27 bits per heavy atom. The van der Waals surface area contributed by atoms with Crippen LogP contribution in [0.15, 0.2) is 23.1 Å². The first-order valence-electron chi connectivity index (χ1n) is 6.60. The number of carbonyl (C=O) groups excluding carboxylic acids is 2. The van der Waals surface area contributed by atoms with Gasteiger partial charge in [-0.25, -0.2) is 9.59 Å². The number of thiocarbonyl (C=S) groups is 1. The van der Waals surface area contributed by atoms with Crippen molar-refractivity contribution >= 4 is 52.4 Å². The Morgan fingerprint density at radius 1 is 1.50 bits per heavy atom. The molecule has 3 rings (SSSR count). The minimum absolute atomic E-state index is 0.156. The summed E-state index contributed by atoms with van der Waals surface area (Å²) >= 11 is 6.92. The molecule has 8 heteroatoms. The number of nitrogens with zero attached hydrogens (tertiary/aromatic N) is 2. The molecule has 0 bridgehead atoms. The number of hydrogen-bond donors (Lipinski definition) is 0. The van der Waals surface area contributed by atoms with Crippen LogP contribution in [0, 0.1) is 0 Å². The predicted octanol–water partition coefficient (Wildman–Crippen LogP) is 2.05. The van der Waals surface area contributed by atoms with Crippen molar-refractivity contribution in [3.63, 3.8) is 0 Å². The van der Waals surface area contributed by atoms with Crippen molar-refractivity contribution < 1.29 is 19.1 Å². The van der Waals surface area contributed by atoms with E-state index in [2.05, 4.69) is 4.74 Å². The Kier molecular flexibility index (Phi) is 3.96. The molecule has 0 radical (unpaired) electrons. The number of hydrogen-bond acceptors (Lipinski definition) is 6. The summed E-state index contributed by atoms with van der Waals surface area (Å²) in [5, 5.41) is 0. The second-order valence-corrected chi connectivity index (χ2v) is 6.39. The quantitative estimate of drug-likeness (QED) is 0.604. The zero-order valence-corrected chi connectivity index (χ0v) is 13.7. The van der Waals surface area contributed by atoms with Gasteiger partial charge in [0.25, 0.3) is 0 Å². The maximum absolute atomic E-state index is 11.9. The lowest BCUT2D eigenvalue weighted by Gasteiger charge is -2.28. The molecular formula is C14H14N2O4S2. The number of anilines is 2. The molecule has 0 unspecified atom stereocenters. The van der Waals surface area contributed by atoms with Gasteiger partial charge in [-0.15, -0.1) is 11.8 Å². The third-order valence-corrected chi connectivity index (χ3v) is 5.27. The number of amides is 1. The molecule has 1 amide bonds. The van der Waals surface area contributed by atoms with E-state index in [0.29, 0.717) is 5.69 Å². The minimum atomic E-state index is -0.878. The van der Waals surface area contributed by atoms with E-state index in [4.69, 9.17) is 17.0 Å². The molecule has 116 valence electrons. The average Bonchev–Trinajstić information content (AvgIpc) is 2.92. The fraction of sp³-hybridized carbons (Fsp3) is 0.357. The number of methoxy groups -OCH3 is 1. The Bertz CT molecular complexity index is 664. The molecule has 1 atom stereocenters. The maximum Gasteiger partial charge on any atom is 0.415 e. The molecule has 0 saturated carbocycles. The van der Waals surface area contributed by atoms with E-state index in [0.717, 1.165) is 21.3 Å². The maximum atomic E-state index is 11.9. The number of benzene rings is 1. The molecule has 1 fully saturated rings. The highest BCUT2D eigenvalue weighted by molar-refractivity contribution is 8.01. The van der Waals surface area contributed by atoms with Gasteiger partial charge in [0, 0.05) is 23.4 Å². The molecule has 2 aliphatic heterocycles. The lowest BCUT2D eigenvalue weighted by molar-refractivity contribution is -0.148. The van der Waals surface area contributed by atoms with Gasteiger partial charge in [0.05, 0.1) is 24.3 Å². The van der Waals surface area contributed by atoms with Gasteiger partial charge in [0.1, 0.15) is 0 Å². The molecule has 1 aromatic carbocycles. The van der Waals surface area contributed by atoms with Crippen molar-refractivity contribution in [2.24, 2.45) is 0 Å². The largest absolute Gasteiger partial charge is 0.466 e. The number of ether oxygens (including phenoxy) is 2. The zero-order valence-electron chi connectivity index (χ0n) is 12.1. The molecule has 0 spiro atoms. The molecule has 2 aliphatic rings. The highest BCUT2D eigenvalue weighted by atomic mass is 32.2. The summed E-state index contributed by atoms with van der Waals surface area (Å²) in [6, 6.07) is 5.66. The van der Waals surface area contributed by atoms with Gasteiger partial charge < -0.3 is 14.4 Å². The second kappa shape index (κ2) is 5.77. The first-order chi connectivity index (χ1) is 10.5. The first kappa shape index (κ1) is 15.1. The van der Waals surface area contributed by atoms with Crippen LogP contribution in [0.1, 0.15) is 0 Å². The SMILES string of the molecule is COC(=O)[C@H]1CN(c2ccc3c(c2)SCC(=S)N3C)C(=O)O1. The number of fused-ring (bicyclic) bond motifs is 1. The summed E-state index contributed by atoms with van der Waals surface area (Å²) in [7, 11) is 3.20. The second-order valence-electron chi connectivity index (χ2n) is 4.90. The Balaban J connectivity index is 1.86. The van der Waals surface area contributed by atoms with Crippen LogP contribution in [-0.4, -0.2) is 49.6 Å². The van der Waals surface area contributed by atoms with Crippen LogP contribution in [0.3, 0.4) is 0 Å². The summed E-state index contributed by atoms with van der Waals surface area (Å²) in [6.07, 6.45) is -1.42. The fourth-order valence-corrected chi connectivity index (χ4v) is 3.67. The Labute approximate surface area is 137 Å². The van der Waals surface area contributed by atoms with E-state index in [1.165, 1.54) is 12.0 Å². The predicted molar refractivity (Wildman–Crippen MR) is 87.8 cm³/mol. The van der Waals surface area contributed by atoms with Gasteiger partial charge >= 0.3 is 12.1 Å². The summed E-state index contributed by atoms with van der Waals surface area (Å²) in [6.45, 7) is 0.156. The van der Waals surface area contributed by atoms with Gasteiger partial charge in [-0.2, -0.15) is 0 Å². The molecule has 0 aromatic heterocycles. The molecule has 2 heterocycles. The summed E-state index contributed by atoms with van der Waals surface area (Å²) in [4.78, 5) is 28.8. The smallest absolute Gasteiger partial charge is 0.415 e. The summed E-state index contributed by atoms with van der Waals surface area (Å²) in [5.41, 5.74) is 1.71. The number of cyclic esters (lactones) is 1. The lowest BCUT2D eigenvalue weighted by Crippen LogP contribution is -2.31. The van der Waals surface area contributed by atoms with Crippen LogP contribution in [-0.2, 0) is 14.3 Å². The molecule has 6 nitrogen and oxygen atoms in total. The highest BCUT2D eigenvalue weighted by Crippen LogP contribution is 2.38. The van der Waals surface area contributed by atoms with Crippen LogP contribution in [0.25, 0.3) is 0 Å². The molecular weight excluding hydrogens is 324 g/mol. The molecule has 0 N–H and O–H groups in total. The van der Waals surface area contributed by atoms with Crippen LogP contribution in [0.2, 0.25) is 0 Å². The van der Waals surface area contributed by atoms with Crippen molar-refractivity contribution in [2.45, 2.75) is 11.0 Å². The van der Waals surface area contributed by atoms with Gasteiger partial charge in [-0.1, -0.05) is 12.2 Å². The first-order valence-corrected chi connectivity index (χ1v) is 8.00. The van der Waals surface area contributed by atoms with Crippen molar-refractivity contribution in [1.29, 1.82) is 0 Å². The third-order valence-electron chi connectivity index (χ3n) is 3.62. The standard InChI is InChI=1S/C14H14N2O4S2/c1-15-9-4-3-8(5-11(9)22-7-12(15)21)16-6-10(13(17)19-2)20-14(16)18/h3-5,10H,6-7H2,1-2H3/t10-/m1/s1. The average molecular weight is 338 g/mol.